The molecule has 1 saturated carbocycles. The van der Waals surface area contributed by atoms with Crippen molar-refractivity contribution in [1.82, 2.24) is 19.6 Å². The van der Waals surface area contributed by atoms with Crippen molar-refractivity contribution < 1.29 is 9.84 Å². The standard InChI is InChI=1S/C22H21AsN4O2/c1-22(28)11-15(12-22)21-26-18(19-20(23)24-13-25-27(19)21)14-7-9-17(10-8-14)29-16-5-3-2-4-6-16/h2-10,13,15,28H,11-12,23H2,1H3. The first kappa shape index (κ1) is 18.3. The molecule has 7 heteroatoms. The van der Waals surface area contributed by atoms with Crippen molar-refractivity contribution in [3.8, 4) is 22.8 Å². The first-order valence-corrected chi connectivity index (χ1v) is 10.8. The van der Waals surface area contributed by atoms with Crippen molar-refractivity contribution in [3.05, 3.63) is 66.7 Å². The van der Waals surface area contributed by atoms with Gasteiger partial charge in [-0.25, -0.2) is 0 Å². The Hall–Kier alpha value is -2.69. The summed E-state index contributed by atoms with van der Waals surface area (Å²) in [7, 11) is 0. The molecule has 0 spiro atoms. The van der Waals surface area contributed by atoms with Gasteiger partial charge < -0.3 is 0 Å². The van der Waals surface area contributed by atoms with Gasteiger partial charge in [-0.2, -0.15) is 0 Å². The first-order valence-electron chi connectivity index (χ1n) is 9.55. The third-order valence-corrected chi connectivity index (χ3v) is 6.22. The van der Waals surface area contributed by atoms with Crippen LogP contribution >= 0.6 is 0 Å². The van der Waals surface area contributed by atoms with Crippen LogP contribution in [0, 0.1) is 0 Å². The zero-order valence-electron chi connectivity index (χ0n) is 16.0. The van der Waals surface area contributed by atoms with E-state index in [0.29, 0.717) is 12.8 Å². The van der Waals surface area contributed by atoms with Gasteiger partial charge >= 0.3 is 177 Å². The topological polar surface area (TPSA) is 72.5 Å². The Labute approximate surface area is 177 Å². The molecule has 0 saturated heterocycles. The van der Waals surface area contributed by atoms with Gasteiger partial charge in [-0.05, 0) is 0 Å². The first-order chi connectivity index (χ1) is 14.0. The van der Waals surface area contributed by atoms with Crippen LogP contribution in [0.1, 0.15) is 31.5 Å². The van der Waals surface area contributed by atoms with Crippen molar-refractivity contribution in [2.75, 3.05) is 0 Å². The van der Waals surface area contributed by atoms with E-state index in [1.165, 1.54) is 16.9 Å². The molecule has 1 aliphatic carbocycles. The summed E-state index contributed by atoms with van der Waals surface area (Å²) in [5, 5.41) is 14.6. The van der Waals surface area contributed by atoms with Gasteiger partial charge in [-0.3, -0.25) is 0 Å². The van der Waals surface area contributed by atoms with Gasteiger partial charge in [0, 0.05) is 0 Å². The van der Waals surface area contributed by atoms with Crippen LogP contribution in [0.5, 0.6) is 11.5 Å². The van der Waals surface area contributed by atoms with Gasteiger partial charge in [-0.1, -0.05) is 0 Å². The summed E-state index contributed by atoms with van der Waals surface area (Å²) in [6.07, 6.45) is 2.97. The summed E-state index contributed by atoms with van der Waals surface area (Å²) in [4.78, 5) is 9.33. The van der Waals surface area contributed by atoms with E-state index >= 15 is 0 Å². The predicted molar refractivity (Wildman–Crippen MR) is 114 cm³/mol. The fourth-order valence-electron chi connectivity index (χ4n) is 3.93. The SMILES string of the molecule is CC1(O)CC(c2nc(-c3ccc(Oc4ccccc4)cc3)c3c([AsH2])ncnn23)C1. The molecule has 29 heavy (non-hydrogen) atoms. The van der Waals surface area contributed by atoms with E-state index in [1.807, 2.05) is 66.0 Å². The molecule has 0 amide bonds. The second-order valence-corrected chi connectivity index (χ2v) is 8.91. The number of fused-ring (bicyclic) bond motifs is 1. The molecule has 5 rings (SSSR count). The van der Waals surface area contributed by atoms with Crippen LogP contribution in [0.2, 0.25) is 0 Å². The summed E-state index contributed by atoms with van der Waals surface area (Å²) < 4.78 is 8.74. The summed E-state index contributed by atoms with van der Waals surface area (Å²) in [5.41, 5.74) is 2.19. The third-order valence-electron chi connectivity index (χ3n) is 5.33. The Morgan fingerprint density at radius 3 is 2.45 bits per heavy atom. The number of aromatic nitrogens is 4. The van der Waals surface area contributed by atoms with E-state index in [0.717, 1.165) is 38.6 Å². The number of benzene rings is 2. The van der Waals surface area contributed by atoms with E-state index in [2.05, 4.69) is 10.1 Å². The molecule has 0 radical (unpaired) electrons. The zero-order chi connectivity index (χ0) is 20.0. The van der Waals surface area contributed by atoms with Crippen LogP contribution in [-0.2, 0) is 0 Å². The van der Waals surface area contributed by atoms with Gasteiger partial charge in [0.05, 0.1) is 0 Å². The van der Waals surface area contributed by atoms with E-state index in [-0.39, 0.29) is 5.92 Å². The van der Waals surface area contributed by atoms with Crippen LogP contribution in [0.3, 0.4) is 0 Å². The normalized spacial score (nSPS) is 21.1. The number of ether oxygens (including phenoxy) is 1. The molecule has 146 valence electrons. The Bertz CT molecular complexity index is 1160. The predicted octanol–water partition coefficient (Wildman–Crippen LogP) is 2.47. The maximum atomic E-state index is 10.2. The molecule has 4 aromatic rings. The molecule has 1 atom stereocenters. The number of imidazole rings is 1. The van der Waals surface area contributed by atoms with Gasteiger partial charge in [0.25, 0.3) is 0 Å². The fraction of sp³-hybridized carbons (Fsp3) is 0.227. The zero-order valence-corrected chi connectivity index (χ0v) is 18.4. The third kappa shape index (κ3) is 3.43. The Kier molecular flexibility index (Phi) is 4.41. The molecule has 1 fully saturated rings. The number of para-hydroxylation sites is 1. The molecule has 1 aliphatic rings. The van der Waals surface area contributed by atoms with Crippen LogP contribution in [-0.4, -0.2) is 47.1 Å². The molecular formula is C22H21AsN4O2. The summed E-state index contributed by atoms with van der Waals surface area (Å²) in [6, 6.07) is 17.7. The second-order valence-electron chi connectivity index (χ2n) is 7.77. The van der Waals surface area contributed by atoms with Crippen molar-refractivity contribution in [3.63, 3.8) is 0 Å². The van der Waals surface area contributed by atoms with Crippen LogP contribution < -0.4 is 9.22 Å². The molecule has 2 aromatic carbocycles. The van der Waals surface area contributed by atoms with Gasteiger partial charge in [0.15, 0.2) is 0 Å². The van der Waals surface area contributed by atoms with Crippen LogP contribution in [0.4, 0.5) is 0 Å². The van der Waals surface area contributed by atoms with Crippen molar-refractivity contribution in [2.24, 2.45) is 0 Å². The second kappa shape index (κ2) is 6.97. The molecule has 2 aromatic heterocycles. The van der Waals surface area contributed by atoms with Gasteiger partial charge in [0.1, 0.15) is 0 Å². The summed E-state index contributed by atoms with van der Waals surface area (Å²) in [6.45, 7) is 1.87. The minimum absolute atomic E-state index is 0.203. The molecule has 0 bridgehead atoms. The molecule has 6 nitrogen and oxygen atoms in total. The maximum absolute atomic E-state index is 10.2. The van der Waals surface area contributed by atoms with Crippen molar-refractivity contribution in [1.29, 1.82) is 0 Å². The van der Waals surface area contributed by atoms with E-state index in [9.17, 15) is 5.11 Å². The average Bonchev–Trinajstić information content (AvgIpc) is 3.08. The molecule has 0 aliphatic heterocycles. The number of hydrogen-bond acceptors (Lipinski definition) is 5. The van der Waals surface area contributed by atoms with Crippen LogP contribution in [0.15, 0.2) is 60.9 Å². The number of hydrogen-bond donors (Lipinski definition) is 1. The van der Waals surface area contributed by atoms with Gasteiger partial charge in [-0.15, -0.1) is 0 Å². The number of rotatable bonds is 4. The fourth-order valence-corrected chi connectivity index (χ4v) is 4.62. The van der Waals surface area contributed by atoms with E-state index < -0.39 is 5.60 Å². The molecule has 2 heterocycles. The van der Waals surface area contributed by atoms with Crippen molar-refractivity contribution >= 4 is 26.9 Å². The minimum atomic E-state index is -0.612. The van der Waals surface area contributed by atoms with E-state index in [1.54, 1.807) is 6.33 Å². The van der Waals surface area contributed by atoms with Crippen LogP contribution in [0.25, 0.3) is 16.8 Å². The van der Waals surface area contributed by atoms with Gasteiger partial charge in [0.2, 0.25) is 0 Å². The molecular weight excluding hydrogens is 427 g/mol. The summed E-state index contributed by atoms with van der Waals surface area (Å²) in [5.74, 6) is 2.68. The number of nitrogens with zero attached hydrogens (tertiary/aromatic N) is 4. The molecule has 1 N–H and O–H groups in total. The average molecular weight is 448 g/mol. The quantitative estimate of drug-likeness (QED) is 0.486. The Balaban J connectivity index is 1.51. The monoisotopic (exact) mass is 448 g/mol. The van der Waals surface area contributed by atoms with Crippen molar-refractivity contribution in [2.45, 2.75) is 31.3 Å². The Morgan fingerprint density at radius 2 is 1.76 bits per heavy atom. The van der Waals surface area contributed by atoms with E-state index in [4.69, 9.17) is 9.72 Å². The number of aliphatic hydroxyl groups is 1. The summed E-state index contributed by atoms with van der Waals surface area (Å²) >= 11 is 1.44. The Morgan fingerprint density at radius 1 is 1.07 bits per heavy atom. The molecule has 1 unspecified atom stereocenters.